The van der Waals surface area contributed by atoms with Crippen molar-refractivity contribution < 1.29 is 14.3 Å². The number of amides is 1. The van der Waals surface area contributed by atoms with Gasteiger partial charge in [-0.1, -0.05) is 17.4 Å². The number of fused-ring (bicyclic) bond motifs is 1. The number of hydrogen-bond donors (Lipinski definition) is 1. The van der Waals surface area contributed by atoms with Crippen LogP contribution in [0.3, 0.4) is 0 Å². The first-order valence-electron chi connectivity index (χ1n) is 10.6. The number of thiazole rings is 1. The van der Waals surface area contributed by atoms with Gasteiger partial charge in [-0.3, -0.25) is 9.69 Å². The van der Waals surface area contributed by atoms with Crippen molar-refractivity contribution in [1.29, 1.82) is 0 Å². The summed E-state index contributed by atoms with van der Waals surface area (Å²) < 4.78 is 12.0. The topological polar surface area (TPSA) is 66.9 Å². The Morgan fingerprint density at radius 2 is 1.90 bits per heavy atom. The van der Waals surface area contributed by atoms with Crippen molar-refractivity contribution in [3.63, 3.8) is 0 Å². The molecule has 0 saturated carbocycles. The van der Waals surface area contributed by atoms with Gasteiger partial charge in [0.05, 0.1) is 18.4 Å². The normalized spacial score (nSPS) is 14.6. The number of nitrogens with one attached hydrogen (secondary N) is 1. The smallest absolute Gasteiger partial charge is 0.251 e. The van der Waals surface area contributed by atoms with Crippen LogP contribution in [0.25, 0.3) is 10.2 Å². The van der Waals surface area contributed by atoms with Crippen molar-refractivity contribution in [2.75, 3.05) is 57.9 Å². The van der Waals surface area contributed by atoms with Gasteiger partial charge in [0.15, 0.2) is 5.13 Å². The summed E-state index contributed by atoms with van der Waals surface area (Å²) in [5, 5.41) is 4.05. The highest BCUT2D eigenvalue weighted by atomic mass is 32.1. The van der Waals surface area contributed by atoms with Gasteiger partial charge < -0.3 is 19.7 Å². The van der Waals surface area contributed by atoms with Gasteiger partial charge in [-0.15, -0.1) is 0 Å². The lowest BCUT2D eigenvalue weighted by molar-refractivity contribution is 0.0947. The summed E-state index contributed by atoms with van der Waals surface area (Å²) in [5.41, 5.74) is 1.60. The van der Waals surface area contributed by atoms with E-state index in [9.17, 15) is 4.79 Å². The van der Waals surface area contributed by atoms with Crippen LogP contribution in [0, 0.1) is 0 Å². The molecule has 1 amide bonds. The quantitative estimate of drug-likeness (QED) is 0.580. The Labute approximate surface area is 186 Å². The number of aromatic nitrogens is 1. The summed E-state index contributed by atoms with van der Waals surface area (Å²) in [6.07, 6.45) is 0. The number of benzene rings is 2. The molecule has 1 aromatic heterocycles. The van der Waals surface area contributed by atoms with E-state index in [1.807, 2.05) is 19.1 Å². The molecule has 164 valence electrons. The molecule has 0 bridgehead atoms. The Hall–Kier alpha value is -2.84. The molecule has 0 spiro atoms. The van der Waals surface area contributed by atoms with E-state index < -0.39 is 0 Å². The van der Waals surface area contributed by atoms with Crippen LogP contribution >= 0.6 is 11.3 Å². The lowest BCUT2D eigenvalue weighted by Crippen LogP contribution is -2.48. The monoisotopic (exact) mass is 440 g/mol. The molecule has 2 aromatic carbocycles. The van der Waals surface area contributed by atoms with E-state index in [-0.39, 0.29) is 5.91 Å². The predicted molar refractivity (Wildman–Crippen MR) is 125 cm³/mol. The molecule has 1 aliphatic rings. The van der Waals surface area contributed by atoms with Gasteiger partial charge in [-0.2, -0.15) is 0 Å². The molecule has 1 saturated heterocycles. The summed E-state index contributed by atoms with van der Waals surface area (Å²) in [7, 11) is 1.61. The fourth-order valence-electron chi connectivity index (χ4n) is 3.65. The van der Waals surface area contributed by atoms with Crippen molar-refractivity contribution in [2.24, 2.45) is 0 Å². The second-order valence-corrected chi connectivity index (χ2v) is 8.35. The summed E-state index contributed by atoms with van der Waals surface area (Å²) in [5.74, 6) is 1.55. The van der Waals surface area contributed by atoms with E-state index in [0.717, 1.165) is 59.6 Å². The molecule has 0 aliphatic carbocycles. The molecule has 8 heteroatoms. The SMILES string of the molecule is CCOc1cccc2sc(N3CCN(CCNC(=O)c4ccc(OC)cc4)CC3)nc12. The van der Waals surface area contributed by atoms with Crippen LogP contribution in [-0.2, 0) is 0 Å². The number of ether oxygens (including phenoxy) is 2. The number of carbonyl (C=O) groups excluding carboxylic acids is 1. The number of piperazine rings is 1. The Kier molecular flexibility index (Phi) is 6.89. The van der Waals surface area contributed by atoms with Crippen LogP contribution in [0.5, 0.6) is 11.5 Å². The largest absolute Gasteiger partial charge is 0.497 e. The first-order valence-corrected chi connectivity index (χ1v) is 11.4. The minimum absolute atomic E-state index is 0.0548. The maximum atomic E-state index is 12.3. The van der Waals surface area contributed by atoms with Gasteiger partial charge in [0, 0.05) is 44.8 Å². The lowest BCUT2D eigenvalue weighted by atomic mass is 10.2. The van der Waals surface area contributed by atoms with E-state index in [0.29, 0.717) is 18.7 Å². The van der Waals surface area contributed by atoms with Crippen LogP contribution in [0.1, 0.15) is 17.3 Å². The zero-order chi connectivity index (χ0) is 21.6. The van der Waals surface area contributed by atoms with E-state index in [1.54, 1.807) is 42.7 Å². The van der Waals surface area contributed by atoms with Gasteiger partial charge in [0.1, 0.15) is 17.0 Å². The fraction of sp³-hybridized carbons (Fsp3) is 0.391. The highest BCUT2D eigenvalue weighted by Gasteiger charge is 2.20. The van der Waals surface area contributed by atoms with Crippen molar-refractivity contribution in [2.45, 2.75) is 6.92 Å². The third-order valence-corrected chi connectivity index (χ3v) is 6.46. The second kappa shape index (κ2) is 9.98. The molecule has 1 N–H and O–H groups in total. The summed E-state index contributed by atoms with van der Waals surface area (Å²) in [6.45, 7) is 7.85. The van der Waals surface area contributed by atoms with E-state index >= 15 is 0 Å². The fourth-order valence-corrected chi connectivity index (χ4v) is 4.69. The van der Waals surface area contributed by atoms with Crippen molar-refractivity contribution in [1.82, 2.24) is 15.2 Å². The Morgan fingerprint density at radius 1 is 1.13 bits per heavy atom. The average molecular weight is 441 g/mol. The highest BCUT2D eigenvalue weighted by molar-refractivity contribution is 7.22. The van der Waals surface area contributed by atoms with E-state index in [1.165, 1.54) is 0 Å². The molecule has 1 fully saturated rings. The van der Waals surface area contributed by atoms with Gasteiger partial charge in [0.25, 0.3) is 5.91 Å². The van der Waals surface area contributed by atoms with Gasteiger partial charge in [0.2, 0.25) is 0 Å². The van der Waals surface area contributed by atoms with Gasteiger partial charge in [-0.05, 0) is 43.3 Å². The molecule has 0 atom stereocenters. The van der Waals surface area contributed by atoms with Crippen LogP contribution in [0.15, 0.2) is 42.5 Å². The van der Waals surface area contributed by atoms with Crippen LogP contribution in [0.4, 0.5) is 5.13 Å². The Bertz CT molecular complexity index is 1010. The molecule has 31 heavy (non-hydrogen) atoms. The minimum Gasteiger partial charge on any atom is -0.497 e. The number of para-hydroxylation sites is 1. The molecule has 7 nitrogen and oxygen atoms in total. The lowest BCUT2D eigenvalue weighted by Gasteiger charge is -2.34. The van der Waals surface area contributed by atoms with Gasteiger partial charge >= 0.3 is 0 Å². The molecule has 2 heterocycles. The average Bonchev–Trinajstić information content (AvgIpc) is 3.25. The van der Waals surface area contributed by atoms with Crippen LogP contribution < -0.4 is 19.7 Å². The molecule has 4 rings (SSSR count). The van der Waals surface area contributed by atoms with Gasteiger partial charge in [-0.25, -0.2) is 4.98 Å². The number of rotatable bonds is 8. The van der Waals surface area contributed by atoms with E-state index in [2.05, 4.69) is 21.2 Å². The summed E-state index contributed by atoms with van der Waals surface area (Å²) in [6, 6.07) is 13.3. The number of hydrogen-bond acceptors (Lipinski definition) is 7. The predicted octanol–water partition coefficient (Wildman–Crippen LogP) is 3.26. The minimum atomic E-state index is -0.0548. The summed E-state index contributed by atoms with van der Waals surface area (Å²) >= 11 is 1.72. The molecule has 1 aliphatic heterocycles. The van der Waals surface area contributed by atoms with Crippen LogP contribution in [0.2, 0.25) is 0 Å². The molecular formula is C23H28N4O3S. The zero-order valence-electron chi connectivity index (χ0n) is 18.0. The molecular weight excluding hydrogens is 412 g/mol. The second-order valence-electron chi connectivity index (χ2n) is 7.35. The number of carbonyl (C=O) groups is 1. The number of nitrogens with zero attached hydrogens (tertiary/aromatic N) is 3. The molecule has 0 radical (unpaired) electrons. The first-order chi connectivity index (χ1) is 15.2. The van der Waals surface area contributed by atoms with Crippen molar-refractivity contribution in [3.8, 4) is 11.5 Å². The number of methoxy groups -OCH3 is 1. The molecule has 0 unspecified atom stereocenters. The summed E-state index contributed by atoms with van der Waals surface area (Å²) in [4.78, 5) is 21.9. The molecule has 3 aromatic rings. The Morgan fingerprint density at radius 3 is 2.61 bits per heavy atom. The maximum Gasteiger partial charge on any atom is 0.251 e. The standard InChI is InChI=1S/C23H28N4O3S/c1-3-30-19-5-4-6-20-21(19)25-23(31-20)27-15-13-26(14-16-27)12-11-24-22(28)17-7-9-18(29-2)10-8-17/h4-10H,3,11-16H2,1-2H3,(H,24,28). The first kappa shape index (κ1) is 21.4. The zero-order valence-corrected chi connectivity index (χ0v) is 18.8. The van der Waals surface area contributed by atoms with Crippen molar-refractivity contribution in [3.05, 3.63) is 48.0 Å². The van der Waals surface area contributed by atoms with E-state index in [4.69, 9.17) is 14.5 Å². The number of anilines is 1. The van der Waals surface area contributed by atoms with Crippen LogP contribution in [-0.4, -0.2) is 68.8 Å². The third kappa shape index (κ3) is 5.08. The highest BCUT2D eigenvalue weighted by Crippen LogP contribution is 2.34. The third-order valence-electron chi connectivity index (χ3n) is 5.38. The van der Waals surface area contributed by atoms with Crippen molar-refractivity contribution >= 4 is 32.6 Å². The Balaban J connectivity index is 1.25. The maximum absolute atomic E-state index is 12.3.